The van der Waals surface area contributed by atoms with E-state index >= 15 is 0 Å². The Hall–Kier alpha value is -4.84. The Labute approximate surface area is 228 Å². The predicted molar refractivity (Wildman–Crippen MR) is 161 cm³/mol. The van der Waals surface area contributed by atoms with Crippen molar-refractivity contribution in [3.8, 4) is 11.5 Å². The molecule has 39 heavy (non-hydrogen) atoms. The van der Waals surface area contributed by atoms with Crippen molar-refractivity contribution in [2.45, 2.75) is 33.6 Å². The summed E-state index contributed by atoms with van der Waals surface area (Å²) in [5.74, 6) is 0.674. The number of H-pyrrole nitrogens is 2. The SMILES string of the molecule is C=C(/C=c1/c(-c2nc3c(C(/C=C\C)=C/C)nccc3[nH]2)n[nH]/c1=C/C)c1cncc(CCc2ccccc2)c1. The van der Waals surface area contributed by atoms with Gasteiger partial charge in [0.15, 0.2) is 5.82 Å². The summed E-state index contributed by atoms with van der Waals surface area (Å²) in [7, 11) is 0. The number of aromatic amines is 2. The fourth-order valence-corrected chi connectivity index (χ4v) is 4.65. The molecule has 6 heteroatoms. The van der Waals surface area contributed by atoms with Gasteiger partial charge in [-0.05, 0) is 79.7 Å². The van der Waals surface area contributed by atoms with Crippen LogP contribution in [0.15, 0.2) is 85.9 Å². The molecule has 0 amide bonds. The van der Waals surface area contributed by atoms with E-state index in [1.165, 1.54) is 11.1 Å². The van der Waals surface area contributed by atoms with E-state index in [0.717, 1.165) is 62.5 Å². The van der Waals surface area contributed by atoms with Gasteiger partial charge in [0.1, 0.15) is 11.2 Å². The Morgan fingerprint density at radius 1 is 1.00 bits per heavy atom. The number of pyridine rings is 2. The highest BCUT2D eigenvalue weighted by Gasteiger charge is 2.15. The van der Waals surface area contributed by atoms with E-state index in [-0.39, 0.29) is 0 Å². The molecule has 0 radical (unpaired) electrons. The molecule has 0 spiro atoms. The normalized spacial score (nSPS) is 13.2. The highest BCUT2D eigenvalue weighted by molar-refractivity contribution is 5.92. The minimum atomic E-state index is 0.674. The molecule has 0 aliphatic carbocycles. The van der Waals surface area contributed by atoms with Crippen molar-refractivity contribution >= 4 is 34.3 Å². The highest BCUT2D eigenvalue weighted by atomic mass is 15.1. The van der Waals surface area contributed by atoms with Gasteiger partial charge >= 0.3 is 0 Å². The van der Waals surface area contributed by atoms with Gasteiger partial charge in [0.2, 0.25) is 0 Å². The average Bonchev–Trinajstić information content (AvgIpc) is 3.59. The lowest BCUT2D eigenvalue weighted by Crippen LogP contribution is -2.23. The molecule has 0 saturated heterocycles. The number of imidazole rings is 1. The van der Waals surface area contributed by atoms with Crippen LogP contribution in [0.2, 0.25) is 0 Å². The maximum absolute atomic E-state index is 4.94. The topological polar surface area (TPSA) is 83.1 Å². The van der Waals surface area contributed by atoms with Crippen molar-refractivity contribution in [1.82, 2.24) is 30.1 Å². The number of nitrogens with zero attached hydrogens (tertiary/aromatic N) is 4. The van der Waals surface area contributed by atoms with Crippen LogP contribution in [-0.4, -0.2) is 30.1 Å². The van der Waals surface area contributed by atoms with Crippen LogP contribution in [0.3, 0.4) is 0 Å². The summed E-state index contributed by atoms with van der Waals surface area (Å²) in [6.45, 7) is 10.4. The van der Waals surface area contributed by atoms with E-state index in [1.54, 1.807) is 6.20 Å². The molecule has 6 nitrogen and oxygen atoms in total. The van der Waals surface area contributed by atoms with E-state index in [0.29, 0.717) is 5.82 Å². The zero-order chi connectivity index (χ0) is 27.2. The molecule has 2 N–H and O–H groups in total. The van der Waals surface area contributed by atoms with E-state index in [4.69, 9.17) is 4.98 Å². The fourth-order valence-electron chi connectivity index (χ4n) is 4.65. The van der Waals surface area contributed by atoms with Gasteiger partial charge in [-0.3, -0.25) is 15.1 Å². The lowest BCUT2D eigenvalue weighted by molar-refractivity contribution is 0.949. The van der Waals surface area contributed by atoms with Crippen LogP contribution in [0, 0.1) is 0 Å². The zero-order valence-electron chi connectivity index (χ0n) is 22.6. The molecular weight excluding hydrogens is 480 g/mol. The Bertz CT molecular complexity index is 1800. The summed E-state index contributed by atoms with van der Waals surface area (Å²) in [5.41, 5.74) is 8.63. The van der Waals surface area contributed by atoms with Gasteiger partial charge in [0.25, 0.3) is 0 Å². The van der Waals surface area contributed by atoms with Gasteiger partial charge in [-0.2, -0.15) is 5.10 Å². The third-order valence-corrected chi connectivity index (χ3v) is 6.71. The molecule has 4 heterocycles. The van der Waals surface area contributed by atoms with Crippen LogP contribution in [0.5, 0.6) is 0 Å². The van der Waals surface area contributed by atoms with Crippen LogP contribution in [-0.2, 0) is 12.8 Å². The molecule has 0 bridgehead atoms. The van der Waals surface area contributed by atoms with Gasteiger partial charge in [0, 0.05) is 23.8 Å². The van der Waals surface area contributed by atoms with Crippen LogP contribution in [0.1, 0.15) is 43.2 Å². The number of allylic oxidation sites excluding steroid dienone is 5. The van der Waals surface area contributed by atoms with Crippen molar-refractivity contribution in [2.24, 2.45) is 0 Å². The molecule has 0 unspecified atom stereocenters. The second-order valence-corrected chi connectivity index (χ2v) is 9.31. The first-order valence-electron chi connectivity index (χ1n) is 13.1. The fraction of sp³-hybridized carbons (Fsp3) is 0.152. The third kappa shape index (κ3) is 5.55. The number of aromatic nitrogens is 6. The molecule has 5 aromatic rings. The third-order valence-electron chi connectivity index (χ3n) is 6.71. The van der Waals surface area contributed by atoms with Crippen molar-refractivity contribution < 1.29 is 0 Å². The Balaban J connectivity index is 1.51. The molecule has 5 rings (SSSR count). The summed E-state index contributed by atoms with van der Waals surface area (Å²) in [6, 6.07) is 14.6. The van der Waals surface area contributed by atoms with Gasteiger partial charge in [-0.15, -0.1) is 0 Å². The van der Waals surface area contributed by atoms with Crippen molar-refractivity contribution in [3.63, 3.8) is 0 Å². The lowest BCUT2D eigenvalue weighted by Gasteiger charge is -2.05. The van der Waals surface area contributed by atoms with E-state index in [2.05, 4.69) is 68.1 Å². The maximum atomic E-state index is 4.94. The summed E-state index contributed by atoms with van der Waals surface area (Å²) < 4.78 is 0. The summed E-state index contributed by atoms with van der Waals surface area (Å²) >= 11 is 0. The van der Waals surface area contributed by atoms with Gasteiger partial charge < -0.3 is 4.98 Å². The average molecular weight is 513 g/mol. The first kappa shape index (κ1) is 25.8. The first-order chi connectivity index (χ1) is 19.1. The zero-order valence-corrected chi connectivity index (χ0v) is 22.6. The number of hydrogen-bond donors (Lipinski definition) is 2. The van der Waals surface area contributed by atoms with Crippen molar-refractivity contribution in [3.05, 3.63) is 119 Å². The molecule has 0 fully saturated rings. The van der Waals surface area contributed by atoms with Gasteiger partial charge in [-0.1, -0.05) is 61.2 Å². The van der Waals surface area contributed by atoms with Crippen LogP contribution < -0.4 is 10.6 Å². The monoisotopic (exact) mass is 512 g/mol. The molecule has 0 atom stereocenters. The number of hydrogen-bond acceptors (Lipinski definition) is 4. The predicted octanol–water partition coefficient (Wildman–Crippen LogP) is 5.80. The number of fused-ring (bicyclic) bond motifs is 1. The minimum Gasteiger partial charge on any atom is -0.336 e. The number of aryl methyl sites for hydroxylation is 2. The summed E-state index contributed by atoms with van der Waals surface area (Å²) in [5, 5.41) is 9.60. The molecule has 1 aromatic carbocycles. The van der Waals surface area contributed by atoms with Crippen LogP contribution >= 0.6 is 0 Å². The largest absolute Gasteiger partial charge is 0.336 e. The maximum Gasteiger partial charge on any atom is 0.159 e. The van der Waals surface area contributed by atoms with Gasteiger partial charge in [-0.25, -0.2) is 4.98 Å². The van der Waals surface area contributed by atoms with E-state index in [1.807, 2.05) is 69.6 Å². The van der Waals surface area contributed by atoms with Gasteiger partial charge in [0.05, 0.1) is 16.6 Å². The number of rotatable bonds is 8. The minimum absolute atomic E-state index is 0.674. The first-order valence-corrected chi connectivity index (χ1v) is 13.1. The van der Waals surface area contributed by atoms with Crippen molar-refractivity contribution in [1.29, 1.82) is 0 Å². The van der Waals surface area contributed by atoms with E-state index < -0.39 is 0 Å². The smallest absolute Gasteiger partial charge is 0.159 e. The summed E-state index contributed by atoms with van der Waals surface area (Å²) in [4.78, 5) is 17.5. The number of benzene rings is 1. The van der Waals surface area contributed by atoms with E-state index in [9.17, 15) is 0 Å². The molecular formula is C33H32N6. The number of nitrogens with one attached hydrogen (secondary N) is 2. The lowest BCUT2D eigenvalue weighted by atomic mass is 10.0. The molecule has 4 aromatic heterocycles. The molecule has 0 aliphatic rings. The Kier molecular flexibility index (Phi) is 7.73. The second-order valence-electron chi connectivity index (χ2n) is 9.31. The molecule has 0 saturated carbocycles. The standard InChI is InChI=1S/C33H32N6/c1-5-11-25(6-2)30-32-29(16-17-35-30)36-33(37-32)31-27(28(7-3)38-39-31)18-22(4)26-19-24(20-34-21-26)15-14-23-12-9-8-10-13-23/h5-13,16-21,38H,4,14-15H2,1-3H3,(H,36,37)/b11-5-,25-6+,27-18+,28-7+. The quantitative estimate of drug-likeness (QED) is 0.257. The highest BCUT2D eigenvalue weighted by Crippen LogP contribution is 2.25. The molecule has 194 valence electrons. The Morgan fingerprint density at radius 3 is 2.59 bits per heavy atom. The molecule has 0 aliphatic heterocycles. The van der Waals surface area contributed by atoms with Crippen LogP contribution in [0.25, 0.3) is 45.8 Å². The Morgan fingerprint density at radius 2 is 1.82 bits per heavy atom. The van der Waals surface area contributed by atoms with Crippen molar-refractivity contribution in [2.75, 3.05) is 0 Å². The second kappa shape index (κ2) is 11.7. The van der Waals surface area contributed by atoms with Crippen LogP contribution in [0.4, 0.5) is 0 Å². The summed E-state index contributed by atoms with van der Waals surface area (Å²) in [6.07, 6.45) is 17.6.